The molecule has 0 aliphatic carbocycles. The molecule has 0 amide bonds. The summed E-state index contributed by atoms with van der Waals surface area (Å²) in [5.41, 5.74) is 2.19. The molecule has 4 aromatic rings. The van der Waals surface area contributed by atoms with Gasteiger partial charge in [0.15, 0.2) is 17.4 Å². The summed E-state index contributed by atoms with van der Waals surface area (Å²) in [7, 11) is 0. The molecule has 2 aromatic heterocycles. The van der Waals surface area contributed by atoms with Crippen LogP contribution in [0.15, 0.2) is 42.7 Å². The quantitative estimate of drug-likeness (QED) is 0.170. The molecule has 3 N–H and O–H groups in total. The number of tetrazole rings is 1. The maximum Gasteiger partial charge on any atom is 1.00 e. The fourth-order valence-corrected chi connectivity index (χ4v) is 6.07. The molecule has 40 heavy (non-hydrogen) atoms. The van der Waals surface area contributed by atoms with Crippen molar-refractivity contribution in [3.8, 4) is 28.5 Å². The molecule has 2 saturated heterocycles. The number of Topliss-reactive ketones (excluding diaryl/α,β-unsaturated/α-hetero) is 2. The molecule has 5 heterocycles. The van der Waals surface area contributed by atoms with Crippen molar-refractivity contribution in [2.75, 3.05) is 31.1 Å². The Balaban J connectivity index is 0.00000169. The molecule has 12 nitrogen and oxygen atoms in total. The number of nitrogens with one attached hydrogen (secondary N) is 3. The van der Waals surface area contributed by atoms with Gasteiger partial charge < -0.3 is 16.4 Å². The fraction of sp³-hybridized carbons (Fsp3) is 0.370. The van der Waals surface area contributed by atoms with Gasteiger partial charge in [-0.1, -0.05) is 0 Å². The maximum absolute atomic E-state index is 14.5. The summed E-state index contributed by atoms with van der Waals surface area (Å²) in [5.74, 6) is -0.0790. The van der Waals surface area contributed by atoms with Crippen molar-refractivity contribution in [1.29, 1.82) is 0 Å². The molecular weight excluding hydrogens is 521 g/mol. The number of carbonyl (C=O) groups excluding carboxylic acids is 2. The number of piperidine rings is 1. The summed E-state index contributed by atoms with van der Waals surface area (Å²) in [5, 5.41) is 24.4. The van der Waals surface area contributed by atoms with Crippen LogP contribution in [0.3, 0.4) is 0 Å². The van der Waals surface area contributed by atoms with Gasteiger partial charge in [0.25, 0.3) is 0 Å². The fourth-order valence-electron chi connectivity index (χ4n) is 6.07. The van der Waals surface area contributed by atoms with E-state index < -0.39 is 11.5 Å². The molecule has 7 rings (SSSR count). The van der Waals surface area contributed by atoms with Gasteiger partial charge in [-0.25, -0.2) is 4.98 Å². The number of fused-ring (bicyclic) bond motifs is 1. The number of aromatic nitrogens is 7. The number of anilines is 1. The summed E-state index contributed by atoms with van der Waals surface area (Å²) >= 11 is 0. The van der Waals surface area contributed by atoms with Gasteiger partial charge in [0.1, 0.15) is 23.6 Å². The Hall–Kier alpha value is -3.45. The Kier molecular flexibility index (Phi) is 7.26. The zero-order chi connectivity index (χ0) is 26.4. The number of hydrogen-bond acceptors (Lipinski definition) is 10. The first-order valence-electron chi connectivity index (χ1n) is 13.2. The van der Waals surface area contributed by atoms with E-state index in [1.54, 1.807) is 24.3 Å². The third kappa shape index (κ3) is 4.64. The van der Waals surface area contributed by atoms with Gasteiger partial charge in [-0.15, -0.1) is 10.2 Å². The van der Waals surface area contributed by atoms with E-state index in [0.29, 0.717) is 60.0 Å². The predicted molar refractivity (Wildman–Crippen MR) is 142 cm³/mol. The van der Waals surface area contributed by atoms with E-state index in [1.807, 2.05) is 12.1 Å². The Morgan fingerprint density at radius 3 is 2.62 bits per heavy atom. The minimum absolute atomic E-state index is 0. The van der Waals surface area contributed by atoms with Crippen LogP contribution in [0.2, 0.25) is 0 Å². The molecule has 0 bridgehead atoms. The Labute approximate surface area is 253 Å². The smallest absolute Gasteiger partial charge is 1.00 e. The number of benzene rings is 2. The molecule has 3 aliphatic heterocycles. The Bertz CT molecular complexity index is 1540. The number of carbonyl (C=O) groups is 2. The molecule has 0 radical (unpaired) electrons. The third-order valence-electron chi connectivity index (χ3n) is 8.02. The molecule has 1 unspecified atom stereocenters. The van der Waals surface area contributed by atoms with Crippen LogP contribution in [0.4, 0.5) is 5.69 Å². The minimum Gasteiger partial charge on any atom is -1.00 e. The monoisotopic (exact) mass is 549 g/mol. The van der Waals surface area contributed by atoms with Crippen LogP contribution in [0.1, 0.15) is 47.8 Å². The van der Waals surface area contributed by atoms with Crippen molar-refractivity contribution in [2.45, 2.75) is 31.3 Å². The Morgan fingerprint density at radius 2 is 1.90 bits per heavy atom. The van der Waals surface area contributed by atoms with E-state index in [1.165, 1.54) is 6.33 Å². The number of aromatic amines is 2. The van der Waals surface area contributed by atoms with Gasteiger partial charge >= 0.3 is 29.6 Å². The average Bonchev–Trinajstić information content (AvgIpc) is 3.77. The van der Waals surface area contributed by atoms with Gasteiger partial charge in [-0.05, 0) is 67.5 Å². The van der Waals surface area contributed by atoms with Crippen LogP contribution in [-0.4, -0.2) is 79.2 Å². The van der Waals surface area contributed by atoms with E-state index in [2.05, 4.69) is 46.0 Å². The molecule has 200 valence electrons. The molecule has 1 atom stereocenters. The maximum atomic E-state index is 14.5. The number of nitrogens with zero attached hydrogens (tertiary/aromatic N) is 6. The van der Waals surface area contributed by atoms with Crippen LogP contribution in [0.5, 0.6) is 5.75 Å². The Morgan fingerprint density at radius 1 is 1.07 bits per heavy atom. The van der Waals surface area contributed by atoms with E-state index in [9.17, 15) is 9.59 Å². The molecule has 3 aliphatic rings. The van der Waals surface area contributed by atoms with E-state index in [0.717, 1.165) is 37.2 Å². The van der Waals surface area contributed by atoms with Crippen molar-refractivity contribution >= 4 is 17.3 Å². The standard InChI is InChI=1S/C27H27N9O3.Na.H/c37-23(17-11-18(25-29-15-30-31-25)13-19(12-17)36-9-1-2-10-36)22-24(38)20-14-16(26-32-34-35-33-26)3-4-21(20)39-27(22)5-7-28-8-6-27;;/h3-4,11-15,22,28H,1-2,5-10H2,(H,29,30,31)(H,32,33,34,35);;/q;+1;-1. The van der Waals surface area contributed by atoms with E-state index in [4.69, 9.17) is 4.74 Å². The van der Waals surface area contributed by atoms with Gasteiger partial charge in [-0.3, -0.25) is 14.7 Å². The molecule has 13 heteroatoms. The average molecular weight is 550 g/mol. The molecular formula is C27H28N9NaO3. The zero-order valence-electron chi connectivity index (χ0n) is 23.2. The normalized spacial score (nSPS) is 19.6. The van der Waals surface area contributed by atoms with Gasteiger partial charge in [-0.2, -0.15) is 10.3 Å². The summed E-state index contributed by atoms with van der Waals surface area (Å²) < 4.78 is 6.61. The topological polar surface area (TPSA) is 155 Å². The third-order valence-corrected chi connectivity index (χ3v) is 8.02. The largest absolute Gasteiger partial charge is 1.00 e. The molecule has 0 saturated carbocycles. The van der Waals surface area contributed by atoms with Gasteiger partial charge in [0.05, 0.1) is 5.56 Å². The van der Waals surface area contributed by atoms with E-state index in [-0.39, 0.29) is 42.6 Å². The first kappa shape index (κ1) is 26.8. The summed E-state index contributed by atoms with van der Waals surface area (Å²) in [4.78, 5) is 35.3. The number of hydrogen-bond donors (Lipinski definition) is 3. The number of ether oxygens (including phenoxy) is 1. The second-order valence-electron chi connectivity index (χ2n) is 10.3. The van der Waals surface area contributed by atoms with E-state index >= 15 is 0 Å². The van der Waals surface area contributed by atoms with Crippen LogP contribution < -0.4 is 44.5 Å². The summed E-state index contributed by atoms with van der Waals surface area (Å²) in [6.45, 7) is 3.15. The predicted octanol–water partition coefficient (Wildman–Crippen LogP) is -0.435. The van der Waals surface area contributed by atoms with Gasteiger partial charge in [0, 0.05) is 48.3 Å². The van der Waals surface area contributed by atoms with Crippen LogP contribution in [0, 0.1) is 5.92 Å². The van der Waals surface area contributed by atoms with Crippen LogP contribution in [0.25, 0.3) is 22.8 Å². The molecule has 2 aromatic carbocycles. The van der Waals surface area contributed by atoms with Crippen molar-refractivity contribution in [2.24, 2.45) is 5.92 Å². The van der Waals surface area contributed by atoms with Crippen molar-refractivity contribution < 1.29 is 45.3 Å². The molecule has 1 spiro atoms. The van der Waals surface area contributed by atoms with Crippen molar-refractivity contribution in [3.63, 3.8) is 0 Å². The first-order chi connectivity index (χ1) is 19.1. The van der Waals surface area contributed by atoms with Gasteiger partial charge in [0.2, 0.25) is 5.82 Å². The van der Waals surface area contributed by atoms with Crippen LogP contribution >= 0.6 is 0 Å². The second-order valence-corrected chi connectivity index (χ2v) is 10.3. The zero-order valence-corrected chi connectivity index (χ0v) is 24.2. The SMILES string of the molecule is O=C(c1cc(-c2ncn[nH]2)cc(N2CCCC2)c1)C1C(=O)c2cc(-c3nn[nH]n3)ccc2OC12CCNCC2.[H-].[Na+]. The summed E-state index contributed by atoms with van der Waals surface area (Å²) in [6, 6.07) is 11.0. The summed E-state index contributed by atoms with van der Waals surface area (Å²) in [6.07, 6.45) is 4.73. The van der Waals surface area contributed by atoms with Crippen molar-refractivity contribution in [3.05, 3.63) is 53.9 Å². The number of H-pyrrole nitrogens is 2. The minimum atomic E-state index is -0.996. The first-order valence-corrected chi connectivity index (χ1v) is 13.2. The van der Waals surface area contributed by atoms with Crippen molar-refractivity contribution in [1.82, 2.24) is 41.1 Å². The van der Waals surface area contributed by atoms with Crippen LogP contribution in [-0.2, 0) is 0 Å². The second kappa shape index (κ2) is 10.8. The molecule has 2 fully saturated rings. The number of ketones is 2. The number of rotatable bonds is 5.